The molecule has 0 bridgehead atoms. The molecule has 0 aliphatic carbocycles. The Morgan fingerprint density at radius 1 is 1.00 bits per heavy atom. The second-order valence-corrected chi connectivity index (χ2v) is 7.95. The van der Waals surface area contributed by atoms with Crippen LogP contribution in [0.1, 0.15) is 33.1 Å². The van der Waals surface area contributed by atoms with Gasteiger partial charge in [0.2, 0.25) is 10.0 Å². The van der Waals surface area contributed by atoms with E-state index in [-0.39, 0.29) is 16.0 Å². The quantitative estimate of drug-likeness (QED) is 0.642. The number of pyridine rings is 1. The summed E-state index contributed by atoms with van der Waals surface area (Å²) in [6.45, 7) is 0. The highest BCUT2D eigenvalue weighted by Crippen LogP contribution is 2.32. The standard InChI is InChI=1S/C20H16F3N3O3S/c21-20(22,23)16-5-1-3-14(11-16)18(15-4-2-10-25-12-15)26-19(27)13-6-8-17(9-7-13)30(24,28)29/h1-12,18H,(H,26,27)(H2,24,28,29). The summed E-state index contributed by atoms with van der Waals surface area (Å²) in [4.78, 5) is 16.5. The molecular weight excluding hydrogens is 419 g/mol. The van der Waals surface area contributed by atoms with Crippen molar-refractivity contribution >= 4 is 15.9 Å². The molecule has 6 nitrogen and oxygen atoms in total. The van der Waals surface area contributed by atoms with Gasteiger partial charge in [0, 0.05) is 18.0 Å². The lowest BCUT2D eigenvalue weighted by Gasteiger charge is -2.21. The number of nitrogens with zero attached hydrogens (tertiary/aromatic N) is 1. The number of aromatic nitrogens is 1. The second-order valence-electron chi connectivity index (χ2n) is 6.39. The normalized spacial score (nSPS) is 12.9. The van der Waals surface area contributed by atoms with Crippen LogP contribution in [0.4, 0.5) is 13.2 Å². The largest absolute Gasteiger partial charge is 0.416 e. The van der Waals surface area contributed by atoms with Crippen LogP contribution in [0.3, 0.4) is 0 Å². The van der Waals surface area contributed by atoms with Gasteiger partial charge in [-0.1, -0.05) is 18.2 Å². The first-order chi connectivity index (χ1) is 14.1. The van der Waals surface area contributed by atoms with Gasteiger partial charge in [0.05, 0.1) is 16.5 Å². The van der Waals surface area contributed by atoms with Crippen LogP contribution in [0.15, 0.2) is 78.0 Å². The Morgan fingerprint density at radius 3 is 2.23 bits per heavy atom. The first kappa shape index (κ1) is 21.5. The maximum Gasteiger partial charge on any atom is 0.416 e. The highest BCUT2D eigenvalue weighted by molar-refractivity contribution is 7.89. The molecule has 1 aromatic heterocycles. The Kier molecular flexibility index (Phi) is 5.90. The lowest BCUT2D eigenvalue weighted by molar-refractivity contribution is -0.137. The van der Waals surface area contributed by atoms with Gasteiger partial charge in [-0.2, -0.15) is 13.2 Å². The lowest BCUT2D eigenvalue weighted by atomic mass is 9.97. The van der Waals surface area contributed by atoms with Gasteiger partial charge < -0.3 is 5.32 Å². The number of halogens is 3. The molecule has 10 heteroatoms. The van der Waals surface area contributed by atoms with Crippen molar-refractivity contribution in [1.29, 1.82) is 0 Å². The van der Waals surface area contributed by atoms with Gasteiger partial charge in [-0.3, -0.25) is 9.78 Å². The van der Waals surface area contributed by atoms with Crippen molar-refractivity contribution in [2.45, 2.75) is 17.1 Å². The van der Waals surface area contributed by atoms with Crippen molar-refractivity contribution in [3.63, 3.8) is 0 Å². The highest BCUT2D eigenvalue weighted by Gasteiger charge is 2.31. The molecular formula is C20H16F3N3O3S. The fourth-order valence-electron chi connectivity index (χ4n) is 2.81. The molecule has 1 amide bonds. The Labute approximate surface area is 170 Å². The molecule has 1 atom stereocenters. The summed E-state index contributed by atoms with van der Waals surface area (Å²) >= 11 is 0. The van der Waals surface area contributed by atoms with E-state index in [1.54, 1.807) is 12.1 Å². The van der Waals surface area contributed by atoms with E-state index >= 15 is 0 Å². The zero-order chi connectivity index (χ0) is 21.9. The minimum absolute atomic E-state index is 0.114. The predicted molar refractivity (Wildman–Crippen MR) is 103 cm³/mol. The SMILES string of the molecule is NS(=O)(=O)c1ccc(C(=O)NC(c2cccnc2)c2cccc(C(F)(F)F)c2)cc1. The molecule has 3 N–H and O–H groups in total. The molecule has 1 unspecified atom stereocenters. The van der Waals surface area contributed by atoms with E-state index in [0.29, 0.717) is 5.56 Å². The molecule has 156 valence electrons. The molecule has 3 aromatic rings. The Balaban J connectivity index is 1.96. The zero-order valence-corrected chi connectivity index (χ0v) is 16.1. The van der Waals surface area contributed by atoms with E-state index in [9.17, 15) is 26.4 Å². The summed E-state index contributed by atoms with van der Waals surface area (Å²) < 4.78 is 62.1. The number of rotatable bonds is 5. The van der Waals surface area contributed by atoms with Crippen LogP contribution >= 0.6 is 0 Å². The number of nitrogens with two attached hydrogens (primary N) is 1. The monoisotopic (exact) mass is 435 g/mol. The molecule has 3 rings (SSSR count). The maximum atomic E-state index is 13.1. The molecule has 0 radical (unpaired) electrons. The van der Waals surface area contributed by atoms with E-state index in [1.807, 2.05) is 0 Å². The van der Waals surface area contributed by atoms with Gasteiger partial charge in [0.25, 0.3) is 5.91 Å². The first-order valence-electron chi connectivity index (χ1n) is 8.56. The third-order valence-corrected chi connectivity index (χ3v) is 5.21. The number of alkyl halides is 3. The topological polar surface area (TPSA) is 102 Å². The van der Waals surface area contributed by atoms with Crippen molar-refractivity contribution in [3.05, 3.63) is 95.3 Å². The Hall–Kier alpha value is -3.24. The average molecular weight is 435 g/mol. The van der Waals surface area contributed by atoms with Gasteiger partial charge >= 0.3 is 6.18 Å². The summed E-state index contributed by atoms with van der Waals surface area (Å²) in [5.41, 5.74) is -0.0393. The van der Waals surface area contributed by atoms with Gasteiger partial charge in [-0.15, -0.1) is 0 Å². The van der Waals surface area contributed by atoms with Crippen LogP contribution in [0.5, 0.6) is 0 Å². The number of sulfonamides is 1. The van der Waals surface area contributed by atoms with Crippen molar-refractivity contribution < 1.29 is 26.4 Å². The number of hydrogen-bond acceptors (Lipinski definition) is 4. The summed E-state index contributed by atoms with van der Waals surface area (Å²) in [7, 11) is -3.92. The minimum atomic E-state index is -4.54. The lowest BCUT2D eigenvalue weighted by Crippen LogP contribution is -2.29. The zero-order valence-electron chi connectivity index (χ0n) is 15.3. The van der Waals surface area contributed by atoms with E-state index < -0.39 is 33.7 Å². The van der Waals surface area contributed by atoms with Crippen LogP contribution in [-0.4, -0.2) is 19.3 Å². The van der Waals surface area contributed by atoms with Gasteiger partial charge in [0.1, 0.15) is 0 Å². The van der Waals surface area contributed by atoms with E-state index in [1.165, 1.54) is 48.8 Å². The van der Waals surface area contributed by atoms with Gasteiger partial charge in [-0.25, -0.2) is 13.6 Å². The van der Waals surface area contributed by atoms with E-state index in [2.05, 4.69) is 10.3 Å². The van der Waals surface area contributed by atoms with Crippen molar-refractivity contribution in [3.8, 4) is 0 Å². The number of primary sulfonamides is 1. The molecule has 2 aromatic carbocycles. The van der Waals surface area contributed by atoms with Crippen LogP contribution in [0.25, 0.3) is 0 Å². The number of carbonyl (C=O) groups excluding carboxylic acids is 1. The van der Waals surface area contributed by atoms with Crippen molar-refractivity contribution in [1.82, 2.24) is 10.3 Å². The van der Waals surface area contributed by atoms with Gasteiger partial charge in [0.15, 0.2) is 0 Å². The van der Waals surface area contributed by atoms with Gasteiger partial charge in [-0.05, 0) is 53.6 Å². The molecule has 0 fully saturated rings. The fraction of sp³-hybridized carbons (Fsp3) is 0.100. The second kappa shape index (κ2) is 8.25. The average Bonchev–Trinajstić information content (AvgIpc) is 2.71. The number of benzene rings is 2. The number of carbonyl (C=O) groups is 1. The van der Waals surface area contributed by atoms with Crippen molar-refractivity contribution in [2.75, 3.05) is 0 Å². The smallest absolute Gasteiger partial charge is 0.341 e. The molecule has 1 heterocycles. The van der Waals surface area contributed by atoms with E-state index in [0.717, 1.165) is 12.1 Å². The number of hydrogen-bond donors (Lipinski definition) is 2. The molecule has 0 saturated carbocycles. The molecule has 0 aliphatic rings. The number of nitrogens with one attached hydrogen (secondary N) is 1. The Morgan fingerprint density at radius 2 is 1.67 bits per heavy atom. The summed E-state index contributed by atoms with van der Waals surface area (Å²) in [5.74, 6) is -0.609. The van der Waals surface area contributed by atoms with Crippen LogP contribution in [0, 0.1) is 0 Å². The maximum absolute atomic E-state index is 13.1. The Bertz CT molecular complexity index is 1150. The van der Waals surface area contributed by atoms with E-state index in [4.69, 9.17) is 5.14 Å². The van der Waals surface area contributed by atoms with Crippen LogP contribution in [0.2, 0.25) is 0 Å². The van der Waals surface area contributed by atoms with Crippen LogP contribution < -0.4 is 10.5 Å². The highest BCUT2D eigenvalue weighted by atomic mass is 32.2. The molecule has 0 aliphatic heterocycles. The first-order valence-corrected chi connectivity index (χ1v) is 10.1. The molecule has 0 spiro atoms. The summed E-state index contributed by atoms with van der Waals surface area (Å²) in [6, 6.07) is 11.8. The number of amides is 1. The third-order valence-electron chi connectivity index (χ3n) is 4.29. The summed E-state index contributed by atoms with van der Waals surface area (Å²) in [5, 5.41) is 7.71. The van der Waals surface area contributed by atoms with Crippen LogP contribution in [-0.2, 0) is 16.2 Å². The fourth-order valence-corrected chi connectivity index (χ4v) is 3.33. The minimum Gasteiger partial charge on any atom is -0.341 e. The molecule has 30 heavy (non-hydrogen) atoms. The summed E-state index contributed by atoms with van der Waals surface area (Å²) in [6.07, 6.45) is -1.60. The predicted octanol–water partition coefficient (Wildman–Crippen LogP) is 3.27. The molecule has 0 saturated heterocycles. The van der Waals surface area contributed by atoms with Crippen molar-refractivity contribution in [2.24, 2.45) is 5.14 Å². The third kappa shape index (κ3) is 5.02.